The lowest BCUT2D eigenvalue weighted by Gasteiger charge is -2.54. The zero-order valence-electron chi connectivity index (χ0n) is 30.4. The maximum Gasteiger partial charge on any atom is 0.285 e. The van der Waals surface area contributed by atoms with Gasteiger partial charge in [0.25, 0.3) is 10.0 Å². The molecular weight excluding hydrogens is 619 g/mol. The van der Waals surface area contributed by atoms with Crippen molar-refractivity contribution < 1.29 is 22.6 Å². The summed E-state index contributed by atoms with van der Waals surface area (Å²) in [4.78, 5) is 0.202. The van der Waals surface area contributed by atoms with Crippen LogP contribution in [-0.2, 0) is 25.9 Å². The molecule has 2 saturated carbocycles. The van der Waals surface area contributed by atoms with E-state index in [2.05, 4.69) is 36.4 Å². The molecule has 2 fully saturated rings. The van der Waals surface area contributed by atoms with Crippen molar-refractivity contribution in [1.82, 2.24) is 0 Å². The molecule has 0 unspecified atom stereocenters. The van der Waals surface area contributed by atoms with Gasteiger partial charge in [0.1, 0.15) is 5.75 Å². The third-order valence-electron chi connectivity index (χ3n) is 12.4. The summed E-state index contributed by atoms with van der Waals surface area (Å²) in [6.45, 7) is 7.09. The first-order valence-corrected chi connectivity index (χ1v) is 20.4. The van der Waals surface area contributed by atoms with Gasteiger partial charge in [0.15, 0.2) is 0 Å². The van der Waals surface area contributed by atoms with Gasteiger partial charge in [0, 0.05) is 12.5 Å². The monoisotopic (exact) mass is 679 g/mol. The maximum atomic E-state index is 13.6. The zero-order chi connectivity index (χ0) is 34.2. The highest BCUT2D eigenvalue weighted by Gasteiger charge is 2.63. The minimum absolute atomic E-state index is 0.0955. The van der Waals surface area contributed by atoms with Gasteiger partial charge < -0.3 is 14.2 Å². The van der Waals surface area contributed by atoms with Crippen LogP contribution in [0, 0.1) is 24.2 Å². The predicted molar refractivity (Wildman–Crippen MR) is 196 cm³/mol. The van der Waals surface area contributed by atoms with Crippen molar-refractivity contribution in [3.63, 3.8) is 0 Å². The lowest BCUT2D eigenvalue weighted by atomic mass is 9.53. The van der Waals surface area contributed by atoms with Gasteiger partial charge in [-0.25, -0.2) is 0 Å². The molecule has 6 nitrogen and oxygen atoms in total. The molecule has 2 aromatic rings. The van der Waals surface area contributed by atoms with Crippen LogP contribution < -0.4 is 4.74 Å². The first kappa shape index (κ1) is 36.9. The molecule has 7 heteroatoms. The fourth-order valence-electron chi connectivity index (χ4n) is 9.51. The number of fused-ring (bicyclic) bond motifs is 5. The Bertz CT molecular complexity index is 1470. The van der Waals surface area contributed by atoms with Gasteiger partial charge in [-0.05, 0) is 105 Å². The third kappa shape index (κ3) is 8.15. The second kappa shape index (κ2) is 16.6. The second-order valence-electron chi connectivity index (χ2n) is 15.2. The largest absolute Gasteiger partial charge is 0.497 e. The summed E-state index contributed by atoms with van der Waals surface area (Å²) in [7, 11) is -0.369. The van der Waals surface area contributed by atoms with Crippen LogP contribution in [0.25, 0.3) is 0 Å². The molecule has 266 valence electrons. The molecule has 5 atom stereocenters. The van der Waals surface area contributed by atoms with Crippen LogP contribution in [0.15, 0.2) is 51.8 Å². The van der Waals surface area contributed by atoms with E-state index in [-0.39, 0.29) is 10.3 Å². The summed E-state index contributed by atoms with van der Waals surface area (Å²) in [6.07, 6.45) is 19.1. The van der Waals surface area contributed by atoms with E-state index < -0.39 is 15.6 Å². The Kier molecular flexibility index (Phi) is 12.7. The van der Waals surface area contributed by atoms with Gasteiger partial charge in [-0.3, -0.25) is 0 Å². The summed E-state index contributed by atoms with van der Waals surface area (Å²) in [5, 5.41) is 0. The number of nitrogens with zero attached hydrogens (tertiary/aromatic N) is 1. The topological polar surface area (TPSA) is 74.2 Å². The van der Waals surface area contributed by atoms with Crippen molar-refractivity contribution in [3.05, 3.63) is 59.2 Å². The van der Waals surface area contributed by atoms with Crippen LogP contribution in [0.3, 0.4) is 0 Å². The predicted octanol–water partition coefficient (Wildman–Crippen LogP) is 10.4. The first-order valence-electron chi connectivity index (χ1n) is 18.9. The minimum Gasteiger partial charge on any atom is -0.497 e. The number of methoxy groups -OCH3 is 2. The van der Waals surface area contributed by atoms with Crippen LogP contribution in [0.5, 0.6) is 5.75 Å². The second-order valence-corrected chi connectivity index (χ2v) is 16.8. The molecule has 0 bridgehead atoms. The van der Waals surface area contributed by atoms with Crippen molar-refractivity contribution >= 4 is 15.9 Å². The van der Waals surface area contributed by atoms with E-state index >= 15 is 0 Å². The maximum absolute atomic E-state index is 13.6. The lowest BCUT2D eigenvalue weighted by molar-refractivity contribution is -0.123. The molecule has 0 heterocycles. The molecule has 5 rings (SSSR count). The van der Waals surface area contributed by atoms with E-state index in [0.717, 1.165) is 56.3 Å². The number of aryl methyl sites for hydroxylation is 2. The molecule has 0 N–H and O–H groups in total. The van der Waals surface area contributed by atoms with E-state index in [4.69, 9.17) is 14.2 Å². The van der Waals surface area contributed by atoms with Gasteiger partial charge in [-0.15, -0.1) is 4.40 Å². The SMILES string of the molecule is CCCCCCCCCCCCO/C(C[C@]1(OC)CC[C@H]2[C@@H]3CCc4cc(OC)ccc4[C@H]3CC[C@@]21C)=N/S(=O)(=O)c1ccc(C)cc1. The standard InChI is InChI=1S/C41H61NO5S/c1-6-7-8-9-10-11-12-13-14-15-28-47-39(42-48(43,44)34-20-16-31(2)17-21-34)30-41(46-5)27-25-38-37-22-18-32-29-33(45-4)19-23-35(32)36(37)24-26-40(38,41)3/h16-17,19-21,23,29,36-38H,6-15,18,22,24-28,30H2,1-5H3/b42-39+/t36-,37-,38+,40+,41-/m1/s1. The van der Waals surface area contributed by atoms with E-state index in [1.165, 1.54) is 68.9 Å². The van der Waals surface area contributed by atoms with E-state index in [9.17, 15) is 8.42 Å². The van der Waals surface area contributed by atoms with E-state index in [0.29, 0.717) is 36.7 Å². The molecule has 0 aromatic heterocycles. The van der Waals surface area contributed by atoms with Crippen molar-refractivity contribution in [1.29, 1.82) is 0 Å². The number of ether oxygens (including phenoxy) is 3. The summed E-state index contributed by atoms with van der Waals surface area (Å²) in [5.41, 5.74) is 3.32. The van der Waals surface area contributed by atoms with Crippen molar-refractivity contribution in [2.45, 2.75) is 146 Å². The van der Waals surface area contributed by atoms with Crippen LogP contribution in [0.2, 0.25) is 0 Å². The molecule has 0 amide bonds. The van der Waals surface area contributed by atoms with Gasteiger partial charge in [-0.2, -0.15) is 8.42 Å². The highest BCUT2D eigenvalue weighted by molar-refractivity contribution is 7.90. The minimum atomic E-state index is -3.93. The first-order chi connectivity index (χ1) is 23.2. The number of sulfonamides is 1. The molecule has 0 spiro atoms. The Labute approximate surface area is 291 Å². The molecule has 48 heavy (non-hydrogen) atoms. The molecular formula is C41H61NO5S. The Balaban J connectivity index is 1.29. The average molecular weight is 680 g/mol. The zero-order valence-corrected chi connectivity index (χ0v) is 31.2. The molecule has 0 aliphatic heterocycles. The highest BCUT2D eigenvalue weighted by atomic mass is 32.2. The molecule has 2 aromatic carbocycles. The van der Waals surface area contributed by atoms with Gasteiger partial charge in [-0.1, -0.05) is 95.4 Å². The molecule has 0 saturated heterocycles. The number of unbranched alkanes of at least 4 members (excludes halogenated alkanes) is 9. The van der Waals surface area contributed by atoms with Crippen molar-refractivity contribution in [2.75, 3.05) is 20.8 Å². The fourth-order valence-corrected chi connectivity index (χ4v) is 10.5. The number of hydrogen-bond acceptors (Lipinski definition) is 5. The average Bonchev–Trinajstić information content (AvgIpc) is 3.38. The smallest absolute Gasteiger partial charge is 0.285 e. The molecule has 0 radical (unpaired) electrons. The van der Waals surface area contributed by atoms with Crippen molar-refractivity contribution in [2.24, 2.45) is 21.6 Å². The summed E-state index contributed by atoms with van der Waals surface area (Å²) >= 11 is 0. The number of benzene rings is 2. The van der Waals surface area contributed by atoms with Crippen molar-refractivity contribution in [3.8, 4) is 5.75 Å². The Hall–Kier alpha value is -2.38. The van der Waals surface area contributed by atoms with E-state index in [1.54, 1.807) is 19.2 Å². The van der Waals surface area contributed by atoms with Gasteiger partial charge >= 0.3 is 0 Å². The van der Waals surface area contributed by atoms with Crippen LogP contribution in [0.4, 0.5) is 0 Å². The van der Waals surface area contributed by atoms with E-state index in [1.807, 2.05) is 26.2 Å². The lowest BCUT2D eigenvalue weighted by Crippen LogP contribution is -2.53. The number of hydrogen-bond donors (Lipinski definition) is 0. The Morgan fingerprint density at radius 1 is 0.875 bits per heavy atom. The molecule has 3 aliphatic carbocycles. The summed E-state index contributed by atoms with van der Waals surface area (Å²) in [5.74, 6) is 2.89. The summed E-state index contributed by atoms with van der Waals surface area (Å²) in [6, 6.07) is 13.6. The highest BCUT2D eigenvalue weighted by Crippen LogP contribution is 2.66. The van der Waals surface area contributed by atoms with Gasteiger partial charge in [0.05, 0.1) is 30.6 Å². The van der Waals surface area contributed by atoms with Gasteiger partial charge in [0.2, 0.25) is 5.90 Å². The van der Waals surface area contributed by atoms with Crippen LogP contribution in [0.1, 0.15) is 139 Å². The third-order valence-corrected chi connectivity index (χ3v) is 13.7. The molecule has 3 aliphatic rings. The normalized spacial score (nSPS) is 26.9. The quantitative estimate of drug-likeness (QED) is 0.0945. The van der Waals surface area contributed by atoms with Crippen LogP contribution in [-0.4, -0.2) is 40.7 Å². The Morgan fingerprint density at radius 2 is 1.56 bits per heavy atom. The fraction of sp³-hybridized carbons (Fsp3) is 0.683. The Morgan fingerprint density at radius 3 is 2.23 bits per heavy atom. The van der Waals surface area contributed by atoms with Crippen LogP contribution >= 0.6 is 0 Å². The number of rotatable bonds is 17. The summed E-state index contributed by atoms with van der Waals surface area (Å²) < 4.78 is 50.1.